The summed E-state index contributed by atoms with van der Waals surface area (Å²) >= 11 is 1.53. The monoisotopic (exact) mass is 346 g/mol. The fourth-order valence-corrected chi connectivity index (χ4v) is 3.35. The normalized spacial score (nSPS) is 11.5. The summed E-state index contributed by atoms with van der Waals surface area (Å²) < 4.78 is 28.3. The summed E-state index contributed by atoms with van der Waals surface area (Å²) in [6, 6.07) is 10.4. The number of hydrogen-bond donors (Lipinski definition) is 0. The third-order valence-corrected chi connectivity index (χ3v) is 5.18. The number of furan rings is 1. The first-order valence-electron chi connectivity index (χ1n) is 6.80. The molecule has 0 saturated carbocycles. The summed E-state index contributed by atoms with van der Waals surface area (Å²) in [7, 11) is -3.19. The van der Waals surface area contributed by atoms with Crippen molar-refractivity contribution in [2.45, 2.75) is 15.7 Å². The average molecular weight is 346 g/mol. The van der Waals surface area contributed by atoms with E-state index in [4.69, 9.17) is 4.42 Å². The molecule has 7 heteroatoms. The van der Waals surface area contributed by atoms with Crippen LogP contribution in [0.5, 0.6) is 0 Å². The van der Waals surface area contributed by atoms with Crippen LogP contribution in [0.1, 0.15) is 5.76 Å². The second-order valence-electron chi connectivity index (χ2n) is 4.91. The summed E-state index contributed by atoms with van der Waals surface area (Å²) in [6.45, 7) is 0. The SMILES string of the molecule is CS(=O)(=O)c1ccc(-c2cncc(SCc3ccco3)n2)cc1. The van der Waals surface area contributed by atoms with Gasteiger partial charge in [0.1, 0.15) is 10.8 Å². The van der Waals surface area contributed by atoms with Crippen molar-refractivity contribution in [3.63, 3.8) is 0 Å². The highest BCUT2D eigenvalue weighted by atomic mass is 32.2. The van der Waals surface area contributed by atoms with E-state index in [-0.39, 0.29) is 4.90 Å². The van der Waals surface area contributed by atoms with Gasteiger partial charge < -0.3 is 4.42 Å². The van der Waals surface area contributed by atoms with E-state index in [1.54, 1.807) is 42.9 Å². The van der Waals surface area contributed by atoms with Crippen LogP contribution in [0.25, 0.3) is 11.3 Å². The van der Waals surface area contributed by atoms with Gasteiger partial charge in [-0.3, -0.25) is 4.98 Å². The zero-order valence-corrected chi connectivity index (χ0v) is 14.0. The predicted molar refractivity (Wildman–Crippen MR) is 88.8 cm³/mol. The molecule has 0 N–H and O–H groups in total. The Morgan fingerprint density at radius 2 is 1.91 bits per heavy atom. The lowest BCUT2D eigenvalue weighted by Crippen LogP contribution is -1.96. The van der Waals surface area contributed by atoms with Crippen LogP contribution in [0.4, 0.5) is 0 Å². The molecule has 2 heterocycles. The van der Waals surface area contributed by atoms with E-state index in [0.717, 1.165) is 16.3 Å². The molecule has 0 spiro atoms. The highest BCUT2D eigenvalue weighted by Crippen LogP contribution is 2.24. The van der Waals surface area contributed by atoms with Gasteiger partial charge >= 0.3 is 0 Å². The standard InChI is InChI=1S/C16H14N2O3S2/c1-23(19,20)14-6-4-12(5-7-14)15-9-17-10-16(18-15)22-11-13-3-2-8-21-13/h2-10H,11H2,1H3. The second-order valence-corrected chi connectivity index (χ2v) is 7.92. The molecule has 0 fully saturated rings. The Balaban J connectivity index is 1.79. The predicted octanol–water partition coefficient (Wildman–Crippen LogP) is 3.43. The van der Waals surface area contributed by atoms with Gasteiger partial charge in [-0.2, -0.15) is 0 Å². The summed E-state index contributed by atoms with van der Waals surface area (Å²) in [5.41, 5.74) is 1.53. The van der Waals surface area contributed by atoms with Crippen LogP contribution in [-0.2, 0) is 15.6 Å². The molecule has 0 atom stereocenters. The number of rotatable bonds is 5. The van der Waals surface area contributed by atoms with Crippen LogP contribution >= 0.6 is 11.8 Å². The van der Waals surface area contributed by atoms with Crippen molar-refractivity contribution in [1.82, 2.24) is 9.97 Å². The molecule has 0 saturated heterocycles. The van der Waals surface area contributed by atoms with Crippen molar-refractivity contribution in [2.75, 3.05) is 6.26 Å². The van der Waals surface area contributed by atoms with Gasteiger partial charge in [0.15, 0.2) is 9.84 Å². The quantitative estimate of drug-likeness (QED) is 0.659. The van der Waals surface area contributed by atoms with E-state index < -0.39 is 9.84 Å². The van der Waals surface area contributed by atoms with E-state index in [1.165, 1.54) is 18.0 Å². The van der Waals surface area contributed by atoms with Crippen molar-refractivity contribution < 1.29 is 12.8 Å². The van der Waals surface area contributed by atoms with Gasteiger partial charge in [0.25, 0.3) is 0 Å². The molecule has 5 nitrogen and oxygen atoms in total. The maximum atomic E-state index is 11.5. The topological polar surface area (TPSA) is 73.1 Å². The minimum absolute atomic E-state index is 0.289. The first-order chi connectivity index (χ1) is 11.0. The molecule has 23 heavy (non-hydrogen) atoms. The molecule has 0 aliphatic carbocycles. The molecule has 0 unspecified atom stereocenters. The minimum Gasteiger partial charge on any atom is -0.468 e. The highest BCUT2D eigenvalue weighted by molar-refractivity contribution is 7.98. The van der Waals surface area contributed by atoms with E-state index in [0.29, 0.717) is 11.4 Å². The van der Waals surface area contributed by atoms with Crippen LogP contribution in [0, 0.1) is 0 Å². The summed E-state index contributed by atoms with van der Waals surface area (Å²) in [5.74, 6) is 1.55. The molecule has 3 aromatic rings. The van der Waals surface area contributed by atoms with Gasteiger partial charge in [-0.05, 0) is 24.3 Å². The maximum Gasteiger partial charge on any atom is 0.175 e. The maximum absolute atomic E-state index is 11.5. The molecule has 1 aromatic carbocycles. The Labute approximate surface area is 138 Å². The lowest BCUT2D eigenvalue weighted by Gasteiger charge is -2.04. The van der Waals surface area contributed by atoms with Gasteiger partial charge in [-0.1, -0.05) is 23.9 Å². The van der Waals surface area contributed by atoms with Crippen molar-refractivity contribution >= 4 is 21.6 Å². The summed E-state index contributed by atoms with van der Waals surface area (Å²) in [4.78, 5) is 9.03. The fourth-order valence-electron chi connectivity index (χ4n) is 1.97. The van der Waals surface area contributed by atoms with Gasteiger partial charge in [0.05, 0.1) is 35.0 Å². The van der Waals surface area contributed by atoms with Crippen LogP contribution in [0.15, 0.2) is 69.4 Å². The number of thioether (sulfide) groups is 1. The van der Waals surface area contributed by atoms with Crippen LogP contribution in [0.2, 0.25) is 0 Å². The third kappa shape index (κ3) is 4.00. The smallest absolute Gasteiger partial charge is 0.175 e. The molecule has 3 rings (SSSR count). The Bertz CT molecular complexity index is 889. The highest BCUT2D eigenvalue weighted by Gasteiger charge is 2.08. The van der Waals surface area contributed by atoms with Gasteiger partial charge in [-0.25, -0.2) is 13.4 Å². The number of nitrogens with zero attached hydrogens (tertiary/aromatic N) is 2. The Kier molecular flexibility index (Phi) is 4.49. The van der Waals surface area contributed by atoms with Gasteiger partial charge in [0.2, 0.25) is 0 Å². The first kappa shape index (κ1) is 15.8. The van der Waals surface area contributed by atoms with E-state index >= 15 is 0 Å². The molecule has 118 valence electrons. The Morgan fingerprint density at radius 3 is 2.57 bits per heavy atom. The van der Waals surface area contributed by atoms with Gasteiger partial charge in [0, 0.05) is 11.8 Å². The lowest BCUT2D eigenvalue weighted by molar-refractivity contribution is 0.530. The minimum atomic E-state index is -3.19. The van der Waals surface area contributed by atoms with E-state index in [1.807, 2.05) is 12.1 Å². The second kappa shape index (κ2) is 6.55. The molecule has 0 radical (unpaired) electrons. The largest absolute Gasteiger partial charge is 0.468 e. The zero-order chi connectivity index (χ0) is 16.3. The molecule has 0 aliphatic heterocycles. The number of aromatic nitrogens is 2. The Hall–Kier alpha value is -2.12. The van der Waals surface area contributed by atoms with E-state index in [2.05, 4.69) is 9.97 Å². The number of sulfone groups is 1. The first-order valence-corrected chi connectivity index (χ1v) is 9.68. The lowest BCUT2D eigenvalue weighted by atomic mass is 10.2. The molecular weight excluding hydrogens is 332 g/mol. The number of benzene rings is 1. The molecule has 0 bridgehead atoms. The van der Waals surface area contributed by atoms with Crippen molar-refractivity contribution in [2.24, 2.45) is 0 Å². The third-order valence-electron chi connectivity index (χ3n) is 3.13. The molecule has 0 aliphatic rings. The zero-order valence-electron chi connectivity index (χ0n) is 12.3. The van der Waals surface area contributed by atoms with Crippen LogP contribution < -0.4 is 0 Å². The fraction of sp³-hybridized carbons (Fsp3) is 0.125. The number of hydrogen-bond acceptors (Lipinski definition) is 6. The van der Waals surface area contributed by atoms with Crippen LogP contribution in [0.3, 0.4) is 0 Å². The van der Waals surface area contributed by atoms with Crippen molar-refractivity contribution in [1.29, 1.82) is 0 Å². The van der Waals surface area contributed by atoms with Crippen molar-refractivity contribution in [3.05, 3.63) is 60.8 Å². The van der Waals surface area contributed by atoms with Crippen molar-refractivity contribution in [3.8, 4) is 11.3 Å². The van der Waals surface area contributed by atoms with Gasteiger partial charge in [-0.15, -0.1) is 0 Å². The van der Waals surface area contributed by atoms with E-state index in [9.17, 15) is 8.42 Å². The Morgan fingerprint density at radius 1 is 1.13 bits per heavy atom. The molecule has 0 amide bonds. The summed E-state index contributed by atoms with van der Waals surface area (Å²) in [5, 5.41) is 0.783. The molecule has 2 aromatic heterocycles. The summed E-state index contributed by atoms with van der Waals surface area (Å²) in [6.07, 6.45) is 6.18. The molecular formula is C16H14N2O3S2. The van der Waals surface area contributed by atoms with Crippen LogP contribution in [-0.4, -0.2) is 24.6 Å². The average Bonchev–Trinajstić information content (AvgIpc) is 3.06.